The summed E-state index contributed by atoms with van der Waals surface area (Å²) < 4.78 is 8.63. The lowest BCUT2D eigenvalue weighted by atomic mass is 10.1. The summed E-state index contributed by atoms with van der Waals surface area (Å²) in [7, 11) is 0. The van der Waals surface area contributed by atoms with Gasteiger partial charge in [-0.05, 0) is 42.7 Å². The number of aromatic nitrogens is 1. The topological polar surface area (TPSA) is 67.0 Å². The quantitative estimate of drug-likeness (QED) is 0.427. The van der Waals surface area contributed by atoms with E-state index < -0.39 is 0 Å². The third-order valence-corrected chi connectivity index (χ3v) is 5.74. The lowest BCUT2D eigenvalue weighted by Crippen LogP contribution is -2.32. The predicted molar refractivity (Wildman–Crippen MR) is 121 cm³/mol. The maximum absolute atomic E-state index is 12.6. The van der Waals surface area contributed by atoms with Gasteiger partial charge in [-0.25, -0.2) is 0 Å². The number of amides is 1. The van der Waals surface area contributed by atoms with E-state index in [2.05, 4.69) is 44.0 Å². The molecular formula is C24H22BrN3O2. The highest BCUT2D eigenvalue weighted by Gasteiger charge is 2.18. The van der Waals surface area contributed by atoms with E-state index in [1.807, 2.05) is 42.6 Å². The average molecular weight is 464 g/mol. The monoisotopic (exact) mass is 463 g/mol. The average Bonchev–Trinajstić information content (AvgIpc) is 3.39. The van der Waals surface area contributed by atoms with Crippen LogP contribution in [0, 0.1) is 11.3 Å². The van der Waals surface area contributed by atoms with E-state index in [1.165, 1.54) is 5.56 Å². The van der Waals surface area contributed by atoms with E-state index in [0.717, 1.165) is 40.4 Å². The van der Waals surface area contributed by atoms with Crippen LogP contribution in [0.4, 0.5) is 0 Å². The second kappa shape index (κ2) is 9.29. The molecule has 1 amide bonds. The van der Waals surface area contributed by atoms with Crippen molar-refractivity contribution in [2.24, 2.45) is 0 Å². The predicted octanol–water partition coefficient (Wildman–Crippen LogP) is 4.65. The fourth-order valence-electron chi connectivity index (χ4n) is 3.73. The number of ether oxygens (including phenoxy) is 1. The minimum absolute atomic E-state index is 0.0395. The van der Waals surface area contributed by atoms with Crippen LogP contribution >= 0.6 is 15.9 Å². The molecule has 5 nitrogen and oxygen atoms in total. The molecule has 1 fully saturated rings. The van der Waals surface area contributed by atoms with Gasteiger partial charge in [0, 0.05) is 46.8 Å². The van der Waals surface area contributed by atoms with Crippen LogP contribution in [0.3, 0.4) is 0 Å². The maximum Gasteiger partial charge on any atom is 0.262 e. The third-order valence-electron chi connectivity index (χ3n) is 5.25. The number of carbonyl (C=O) groups excluding carboxylic acids is 1. The Bertz CT molecular complexity index is 1120. The molecule has 0 bridgehead atoms. The summed E-state index contributed by atoms with van der Waals surface area (Å²) >= 11 is 3.53. The summed E-state index contributed by atoms with van der Waals surface area (Å²) in [6.07, 6.45) is 5.65. The summed E-state index contributed by atoms with van der Waals surface area (Å²) in [4.78, 5) is 12.6. The molecule has 0 saturated carbocycles. The maximum atomic E-state index is 12.6. The smallest absolute Gasteiger partial charge is 0.262 e. The van der Waals surface area contributed by atoms with Crippen molar-refractivity contribution in [3.63, 3.8) is 0 Å². The second-order valence-electron chi connectivity index (χ2n) is 7.37. The van der Waals surface area contributed by atoms with E-state index >= 15 is 0 Å². The molecule has 152 valence electrons. The molecular weight excluding hydrogens is 442 g/mol. The van der Waals surface area contributed by atoms with Crippen LogP contribution in [-0.2, 0) is 16.1 Å². The molecule has 1 aromatic heterocycles. The number of hydrogen-bond acceptors (Lipinski definition) is 3. The lowest BCUT2D eigenvalue weighted by Gasteiger charge is -2.10. The Kier molecular flexibility index (Phi) is 6.32. The minimum atomic E-state index is -0.369. The number of nitriles is 1. The Labute approximate surface area is 184 Å². The van der Waals surface area contributed by atoms with Crippen molar-refractivity contribution >= 4 is 38.8 Å². The van der Waals surface area contributed by atoms with Crippen LogP contribution in [0.5, 0.6) is 0 Å². The summed E-state index contributed by atoms with van der Waals surface area (Å²) in [5, 5.41) is 13.4. The molecule has 0 spiro atoms. The molecule has 1 atom stereocenters. The van der Waals surface area contributed by atoms with Crippen LogP contribution in [-0.4, -0.2) is 29.7 Å². The molecule has 1 saturated heterocycles. The Morgan fingerprint density at radius 2 is 2.13 bits per heavy atom. The first-order valence-corrected chi connectivity index (χ1v) is 10.8. The van der Waals surface area contributed by atoms with Crippen molar-refractivity contribution in [2.45, 2.75) is 25.5 Å². The van der Waals surface area contributed by atoms with Gasteiger partial charge in [-0.1, -0.05) is 46.3 Å². The fraction of sp³-hybridized carbons (Fsp3) is 0.250. The standard InChI is InChI=1S/C24H22BrN3O2/c25-20-8-9-23-22(12-20)19(16-28(23)15-17-5-2-1-3-6-17)11-18(13-26)24(29)27-14-21-7-4-10-30-21/h1-3,5-6,8-9,11-12,16,21H,4,7,10,14-15H2,(H,27,29)/b18-11+/t21-/m0/s1. The Morgan fingerprint density at radius 3 is 2.87 bits per heavy atom. The molecule has 6 heteroatoms. The Morgan fingerprint density at radius 1 is 1.30 bits per heavy atom. The van der Waals surface area contributed by atoms with E-state index in [9.17, 15) is 10.1 Å². The number of fused-ring (bicyclic) bond motifs is 1. The van der Waals surface area contributed by atoms with Crippen molar-refractivity contribution in [3.05, 3.63) is 75.9 Å². The van der Waals surface area contributed by atoms with Crippen molar-refractivity contribution in [1.29, 1.82) is 5.26 Å². The zero-order chi connectivity index (χ0) is 20.9. The first-order chi connectivity index (χ1) is 14.6. The minimum Gasteiger partial charge on any atom is -0.376 e. The lowest BCUT2D eigenvalue weighted by molar-refractivity contribution is -0.117. The number of hydrogen-bond donors (Lipinski definition) is 1. The van der Waals surface area contributed by atoms with Crippen LogP contribution in [0.15, 0.2) is 64.8 Å². The number of halogens is 1. The molecule has 1 N–H and O–H groups in total. The normalized spacial score (nSPS) is 16.5. The molecule has 30 heavy (non-hydrogen) atoms. The SMILES string of the molecule is N#C/C(=C\c1cn(Cc2ccccc2)c2ccc(Br)cc12)C(=O)NC[C@@H]1CCCO1. The van der Waals surface area contributed by atoms with Gasteiger partial charge in [0.15, 0.2) is 0 Å². The van der Waals surface area contributed by atoms with Crippen molar-refractivity contribution in [3.8, 4) is 6.07 Å². The number of nitrogens with one attached hydrogen (secondary N) is 1. The zero-order valence-electron chi connectivity index (χ0n) is 16.5. The van der Waals surface area contributed by atoms with Crippen molar-refractivity contribution < 1.29 is 9.53 Å². The third kappa shape index (κ3) is 4.64. The van der Waals surface area contributed by atoms with Gasteiger partial charge in [0.1, 0.15) is 11.6 Å². The van der Waals surface area contributed by atoms with Crippen LogP contribution < -0.4 is 5.32 Å². The van der Waals surface area contributed by atoms with Gasteiger partial charge >= 0.3 is 0 Å². The van der Waals surface area contributed by atoms with Crippen LogP contribution in [0.25, 0.3) is 17.0 Å². The molecule has 0 unspecified atom stereocenters. The molecule has 0 radical (unpaired) electrons. The summed E-state index contributed by atoms with van der Waals surface area (Å²) in [6, 6.07) is 18.3. The van der Waals surface area contributed by atoms with E-state index in [4.69, 9.17) is 4.74 Å². The van der Waals surface area contributed by atoms with Gasteiger partial charge < -0.3 is 14.6 Å². The van der Waals surface area contributed by atoms with E-state index in [0.29, 0.717) is 13.1 Å². The first-order valence-electron chi connectivity index (χ1n) is 9.98. The van der Waals surface area contributed by atoms with Gasteiger partial charge in [-0.2, -0.15) is 5.26 Å². The molecule has 3 aromatic rings. The molecule has 2 heterocycles. The molecule has 4 rings (SSSR count). The van der Waals surface area contributed by atoms with Gasteiger partial charge in [0.05, 0.1) is 6.10 Å². The van der Waals surface area contributed by atoms with E-state index in [1.54, 1.807) is 6.08 Å². The summed E-state index contributed by atoms with van der Waals surface area (Å²) in [5.41, 5.74) is 3.16. The second-order valence-corrected chi connectivity index (χ2v) is 8.29. The molecule has 0 aliphatic carbocycles. The zero-order valence-corrected chi connectivity index (χ0v) is 18.1. The largest absolute Gasteiger partial charge is 0.376 e. The molecule has 2 aromatic carbocycles. The Hall–Kier alpha value is -2.88. The van der Waals surface area contributed by atoms with Gasteiger partial charge in [0.2, 0.25) is 0 Å². The highest BCUT2D eigenvalue weighted by atomic mass is 79.9. The summed E-state index contributed by atoms with van der Waals surface area (Å²) in [5.74, 6) is -0.369. The number of nitrogens with zero attached hydrogens (tertiary/aromatic N) is 2. The number of benzene rings is 2. The summed E-state index contributed by atoms with van der Waals surface area (Å²) in [6.45, 7) is 1.87. The number of carbonyl (C=O) groups is 1. The molecule has 1 aliphatic heterocycles. The fourth-order valence-corrected chi connectivity index (χ4v) is 4.10. The van der Waals surface area contributed by atoms with Crippen LogP contribution in [0.2, 0.25) is 0 Å². The molecule has 1 aliphatic rings. The Balaban J connectivity index is 1.63. The van der Waals surface area contributed by atoms with Crippen LogP contribution in [0.1, 0.15) is 24.0 Å². The van der Waals surface area contributed by atoms with E-state index in [-0.39, 0.29) is 17.6 Å². The highest BCUT2D eigenvalue weighted by molar-refractivity contribution is 9.10. The first kappa shape index (κ1) is 20.4. The van der Waals surface area contributed by atoms with Gasteiger partial charge in [-0.3, -0.25) is 4.79 Å². The highest BCUT2D eigenvalue weighted by Crippen LogP contribution is 2.28. The van der Waals surface area contributed by atoms with Crippen molar-refractivity contribution in [2.75, 3.05) is 13.2 Å². The van der Waals surface area contributed by atoms with Gasteiger partial charge in [0.25, 0.3) is 5.91 Å². The number of rotatable bonds is 6. The van der Waals surface area contributed by atoms with Crippen molar-refractivity contribution in [1.82, 2.24) is 9.88 Å². The van der Waals surface area contributed by atoms with Gasteiger partial charge in [-0.15, -0.1) is 0 Å².